The number of benzene rings is 1. The number of aryl methyl sites for hydroxylation is 2. The molecule has 0 atom stereocenters. The molecule has 2 aromatic rings. The number of nitrogens with one attached hydrogen (secondary N) is 2. The second-order valence-corrected chi connectivity index (χ2v) is 4.91. The maximum absolute atomic E-state index is 11.8. The third kappa shape index (κ3) is 4.49. The number of carbonyl (C=O) groups excluding carboxylic acids is 2. The van der Waals surface area contributed by atoms with E-state index >= 15 is 0 Å². The lowest BCUT2D eigenvalue weighted by Crippen LogP contribution is -2.27. The SMILES string of the molecule is Cc1cc(C)cc(NC(=O)CCNC(=O)c2ccco2)c1. The molecule has 2 amide bonds. The molecule has 1 heterocycles. The third-order valence-corrected chi connectivity index (χ3v) is 2.89. The van der Waals surface area contributed by atoms with Gasteiger partial charge < -0.3 is 15.1 Å². The van der Waals surface area contributed by atoms with Crippen LogP contribution in [0.15, 0.2) is 41.0 Å². The van der Waals surface area contributed by atoms with E-state index in [9.17, 15) is 9.59 Å². The highest BCUT2D eigenvalue weighted by Crippen LogP contribution is 2.13. The summed E-state index contributed by atoms with van der Waals surface area (Å²) in [7, 11) is 0. The van der Waals surface area contributed by atoms with E-state index in [2.05, 4.69) is 10.6 Å². The van der Waals surface area contributed by atoms with Crippen LogP contribution in [-0.2, 0) is 4.79 Å². The number of furan rings is 1. The Morgan fingerprint density at radius 1 is 1.14 bits per heavy atom. The van der Waals surface area contributed by atoms with E-state index in [-0.39, 0.29) is 30.5 Å². The molecule has 110 valence electrons. The van der Waals surface area contributed by atoms with Gasteiger partial charge >= 0.3 is 0 Å². The van der Waals surface area contributed by atoms with Gasteiger partial charge in [-0.15, -0.1) is 0 Å². The summed E-state index contributed by atoms with van der Waals surface area (Å²) in [4.78, 5) is 23.4. The van der Waals surface area contributed by atoms with Gasteiger partial charge in [0.25, 0.3) is 5.91 Å². The van der Waals surface area contributed by atoms with Gasteiger partial charge in [-0.05, 0) is 49.2 Å². The smallest absolute Gasteiger partial charge is 0.286 e. The van der Waals surface area contributed by atoms with Gasteiger partial charge in [0.15, 0.2) is 5.76 Å². The number of carbonyl (C=O) groups is 2. The normalized spacial score (nSPS) is 10.2. The number of anilines is 1. The molecule has 1 aromatic carbocycles. The van der Waals surface area contributed by atoms with Gasteiger partial charge in [0, 0.05) is 18.7 Å². The molecule has 0 aliphatic rings. The van der Waals surface area contributed by atoms with E-state index in [1.54, 1.807) is 12.1 Å². The molecule has 0 saturated carbocycles. The lowest BCUT2D eigenvalue weighted by molar-refractivity contribution is -0.116. The van der Waals surface area contributed by atoms with Crippen molar-refractivity contribution in [3.8, 4) is 0 Å². The monoisotopic (exact) mass is 286 g/mol. The van der Waals surface area contributed by atoms with E-state index in [1.807, 2.05) is 32.0 Å². The quantitative estimate of drug-likeness (QED) is 0.887. The van der Waals surface area contributed by atoms with Crippen molar-refractivity contribution in [1.82, 2.24) is 5.32 Å². The van der Waals surface area contributed by atoms with Gasteiger partial charge in [-0.2, -0.15) is 0 Å². The van der Waals surface area contributed by atoms with Crippen LogP contribution in [0.25, 0.3) is 0 Å². The van der Waals surface area contributed by atoms with Crippen LogP contribution in [0.4, 0.5) is 5.69 Å². The summed E-state index contributed by atoms with van der Waals surface area (Å²) in [5, 5.41) is 5.45. The Kier molecular flexibility index (Phi) is 4.77. The second-order valence-electron chi connectivity index (χ2n) is 4.91. The number of hydrogen-bond acceptors (Lipinski definition) is 3. The van der Waals surface area contributed by atoms with Crippen molar-refractivity contribution in [2.45, 2.75) is 20.3 Å². The van der Waals surface area contributed by atoms with Crippen LogP contribution in [0.5, 0.6) is 0 Å². The van der Waals surface area contributed by atoms with E-state index < -0.39 is 0 Å². The van der Waals surface area contributed by atoms with Gasteiger partial charge in [-0.3, -0.25) is 9.59 Å². The molecular weight excluding hydrogens is 268 g/mol. The maximum atomic E-state index is 11.8. The number of hydrogen-bond donors (Lipinski definition) is 2. The minimum absolute atomic E-state index is 0.139. The molecule has 0 aliphatic carbocycles. The molecule has 0 saturated heterocycles. The van der Waals surface area contributed by atoms with E-state index in [0.717, 1.165) is 16.8 Å². The second kappa shape index (κ2) is 6.74. The average molecular weight is 286 g/mol. The van der Waals surface area contributed by atoms with E-state index in [0.29, 0.717) is 0 Å². The highest BCUT2D eigenvalue weighted by Gasteiger charge is 2.09. The standard InChI is InChI=1S/C16H18N2O3/c1-11-8-12(2)10-13(9-11)18-15(19)5-6-17-16(20)14-4-3-7-21-14/h3-4,7-10H,5-6H2,1-2H3,(H,17,20)(H,18,19). The molecule has 1 aromatic heterocycles. The maximum Gasteiger partial charge on any atom is 0.286 e. The molecule has 0 radical (unpaired) electrons. The molecule has 0 fully saturated rings. The van der Waals surface area contributed by atoms with Crippen LogP contribution in [-0.4, -0.2) is 18.4 Å². The first-order valence-electron chi connectivity index (χ1n) is 6.74. The summed E-state index contributed by atoms with van der Waals surface area (Å²) >= 11 is 0. The largest absolute Gasteiger partial charge is 0.459 e. The summed E-state index contributed by atoms with van der Waals surface area (Å²) in [6.07, 6.45) is 1.64. The first kappa shape index (κ1) is 14.8. The molecular formula is C16H18N2O3. The van der Waals surface area contributed by atoms with Gasteiger partial charge in [0.2, 0.25) is 5.91 Å². The summed E-state index contributed by atoms with van der Waals surface area (Å²) < 4.78 is 4.96. The van der Waals surface area contributed by atoms with Crippen molar-refractivity contribution in [3.05, 3.63) is 53.5 Å². The molecule has 21 heavy (non-hydrogen) atoms. The van der Waals surface area contributed by atoms with Gasteiger partial charge in [-0.1, -0.05) is 6.07 Å². The van der Waals surface area contributed by atoms with Crippen molar-refractivity contribution in [2.24, 2.45) is 0 Å². The zero-order valence-electron chi connectivity index (χ0n) is 12.1. The van der Waals surface area contributed by atoms with Crippen molar-refractivity contribution in [3.63, 3.8) is 0 Å². The first-order chi connectivity index (χ1) is 10.0. The highest BCUT2D eigenvalue weighted by molar-refractivity contribution is 5.93. The fourth-order valence-corrected chi connectivity index (χ4v) is 2.05. The zero-order valence-corrected chi connectivity index (χ0v) is 12.1. The summed E-state index contributed by atoms with van der Waals surface area (Å²) in [5.74, 6) is -0.219. The minimum atomic E-state index is -0.320. The first-order valence-corrected chi connectivity index (χ1v) is 6.74. The van der Waals surface area contributed by atoms with Crippen LogP contribution in [0, 0.1) is 13.8 Å². The Morgan fingerprint density at radius 3 is 2.48 bits per heavy atom. The minimum Gasteiger partial charge on any atom is -0.459 e. The van der Waals surface area contributed by atoms with Gasteiger partial charge in [-0.25, -0.2) is 0 Å². The molecule has 5 heteroatoms. The summed E-state index contributed by atoms with van der Waals surface area (Å²) in [5.41, 5.74) is 2.96. The van der Waals surface area contributed by atoms with Crippen LogP contribution >= 0.6 is 0 Å². The zero-order chi connectivity index (χ0) is 15.2. The van der Waals surface area contributed by atoms with Crippen molar-refractivity contribution in [2.75, 3.05) is 11.9 Å². The Hall–Kier alpha value is -2.56. The topological polar surface area (TPSA) is 71.3 Å². The number of amides is 2. The molecule has 2 N–H and O–H groups in total. The molecule has 5 nitrogen and oxygen atoms in total. The molecule has 0 spiro atoms. The predicted molar refractivity (Wildman–Crippen MR) is 80.2 cm³/mol. The van der Waals surface area contributed by atoms with Crippen molar-refractivity contribution >= 4 is 17.5 Å². The van der Waals surface area contributed by atoms with Crippen LogP contribution in [0.1, 0.15) is 28.1 Å². The molecule has 0 bridgehead atoms. The Balaban J connectivity index is 1.78. The number of rotatable bonds is 5. The van der Waals surface area contributed by atoms with E-state index in [1.165, 1.54) is 6.26 Å². The molecule has 2 rings (SSSR count). The summed E-state index contributed by atoms with van der Waals surface area (Å²) in [6.45, 7) is 4.22. The van der Waals surface area contributed by atoms with Gasteiger partial charge in [0.05, 0.1) is 6.26 Å². The van der Waals surface area contributed by atoms with Crippen molar-refractivity contribution < 1.29 is 14.0 Å². The summed E-state index contributed by atoms with van der Waals surface area (Å²) in [6, 6.07) is 9.07. The Labute approximate surface area is 123 Å². The Morgan fingerprint density at radius 2 is 1.86 bits per heavy atom. The lowest BCUT2D eigenvalue weighted by Gasteiger charge is -2.08. The fourth-order valence-electron chi connectivity index (χ4n) is 2.05. The lowest BCUT2D eigenvalue weighted by atomic mass is 10.1. The molecule has 0 aliphatic heterocycles. The predicted octanol–water partition coefficient (Wildman–Crippen LogP) is 2.66. The average Bonchev–Trinajstić information content (AvgIpc) is 2.90. The fraction of sp³-hybridized carbons (Fsp3) is 0.250. The van der Waals surface area contributed by atoms with Crippen LogP contribution in [0.3, 0.4) is 0 Å². The van der Waals surface area contributed by atoms with Gasteiger partial charge in [0.1, 0.15) is 0 Å². The van der Waals surface area contributed by atoms with Crippen LogP contribution < -0.4 is 10.6 Å². The third-order valence-electron chi connectivity index (χ3n) is 2.89. The van der Waals surface area contributed by atoms with E-state index in [4.69, 9.17) is 4.42 Å². The Bertz CT molecular complexity index is 613. The highest BCUT2D eigenvalue weighted by atomic mass is 16.3. The van der Waals surface area contributed by atoms with Crippen LogP contribution in [0.2, 0.25) is 0 Å². The van der Waals surface area contributed by atoms with Crippen molar-refractivity contribution in [1.29, 1.82) is 0 Å². The molecule has 0 unspecified atom stereocenters.